The molecule has 98 valence electrons. The van der Waals surface area contributed by atoms with Crippen LogP contribution in [-0.4, -0.2) is 4.57 Å². The monoisotopic (exact) mass is 325 g/mol. The number of anilines is 1. The van der Waals surface area contributed by atoms with Gasteiger partial charge >= 0.3 is 0 Å². The lowest BCUT2D eigenvalue weighted by atomic mass is 10.1. The lowest BCUT2D eigenvalue weighted by Gasteiger charge is -2.07. The molecule has 0 amide bonds. The third-order valence-electron chi connectivity index (χ3n) is 3.35. The van der Waals surface area contributed by atoms with E-state index in [9.17, 15) is 0 Å². The number of hydrogen-bond acceptors (Lipinski definition) is 2. The van der Waals surface area contributed by atoms with Gasteiger partial charge in [0.15, 0.2) is 0 Å². The fourth-order valence-corrected chi connectivity index (χ4v) is 2.59. The quantitative estimate of drug-likeness (QED) is 0.726. The van der Waals surface area contributed by atoms with Crippen LogP contribution < -0.4 is 5.73 Å². The molecule has 20 heavy (non-hydrogen) atoms. The second-order valence-corrected chi connectivity index (χ2v) is 5.50. The number of fused-ring (bicyclic) bond motifs is 1. The van der Waals surface area contributed by atoms with Crippen molar-refractivity contribution < 1.29 is 0 Å². The fraction of sp³-hybridized carbons (Fsp3) is 0.0625. The van der Waals surface area contributed by atoms with Crippen LogP contribution in [0.15, 0.2) is 53.1 Å². The predicted octanol–water partition coefficient (Wildman–Crippen LogP) is 3.91. The van der Waals surface area contributed by atoms with E-state index < -0.39 is 0 Å². The molecule has 3 nitrogen and oxygen atoms in total. The molecule has 0 atom stereocenters. The number of hydrogen-bond donors (Lipinski definition) is 1. The van der Waals surface area contributed by atoms with Crippen molar-refractivity contribution >= 4 is 32.5 Å². The summed E-state index contributed by atoms with van der Waals surface area (Å²) >= 11 is 3.40. The van der Waals surface area contributed by atoms with Crippen molar-refractivity contribution in [3.63, 3.8) is 0 Å². The lowest BCUT2D eigenvalue weighted by molar-refractivity contribution is 0.837. The molecule has 0 aliphatic heterocycles. The molecule has 1 aromatic heterocycles. The van der Waals surface area contributed by atoms with Crippen LogP contribution in [0.5, 0.6) is 0 Å². The van der Waals surface area contributed by atoms with Crippen LogP contribution in [-0.2, 0) is 6.54 Å². The molecule has 0 fully saturated rings. The molecule has 4 heteroatoms. The molecule has 0 spiro atoms. The Hall–Kier alpha value is -2.25. The fourth-order valence-electron chi connectivity index (χ4n) is 2.35. The average molecular weight is 326 g/mol. The summed E-state index contributed by atoms with van der Waals surface area (Å²) in [4.78, 5) is 0. The Morgan fingerprint density at radius 2 is 2.05 bits per heavy atom. The zero-order chi connectivity index (χ0) is 14.1. The van der Waals surface area contributed by atoms with Gasteiger partial charge < -0.3 is 10.3 Å². The molecule has 0 aliphatic carbocycles. The van der Waals surface area contributed by atoms with E-state index in [1.54, 1.807) is 0 Å². The van der Waals surface area contributed by atoms with Crippen LogP contribution in [0.1, 0.15) is 11.1 Å². The van der Waals surface area contributed by atoms with Gasteiger partial charge in [-0.3, -0.25) is 0 Å². The van der Waals surface area contributed by atoms with E-state index in [1.807, 2.05) is 48.7 Å². The molecule has 0 bridgehead atoms. The van der Waals surface area contributed by atoms with E-state index in [-0.39, 0.29) is 0 Å². The maximum Gasteiger partial charge on any atom is 0.0998 e. The minimum absolute atomic E-state index is 0.705. The van der Waals surface area contributed by atoms with Crippen molar-refractivity contribution in [2.75, 3.05) is 5.73 Å². The molecule has 3 aromatic rings. The number of nitrogens with zero attached hydrogens (tertiary/aromatic N) is 2. The SMILES string of the molecule is N#Cc1cccc2c1ccn2Cc1ccc(Br)c(N)c1. The molecule has 0 aliphatic rings. The Balaban J connectivity index is 2.03. The summed E-state index contributed by atoms with van der Waals surface area (Å²) in [6.07, 6.45) is 2.00. The van der Waals surface area contributed by atoms with Crippen molar-refractivity contribution in [3.05, 3.63) is 64.3 Å². The van der Waals surface area contributed by atoms with Gasteiger partial charge in [0.2, 0.25) is 0 Å². The van der Waals surface area contributed by atoms with E-state index >= 15 is 0 Å². The minimum atomic E-state index is 0.705. The van der Waals surface area contributed by atoms with Crippen molar-refractivity contribution in [1.82, 2.24) is 4.57 Å². The van der Waals surface area contributed by atoms with Crippen molar-refractivity contribution in [3.8, 4) is 6.07 Å². The second kappa shape index (κ2) is 5.03. The van der Waals surface area contributed by atoms with Crippen molar-refractivity contribution in [2.24, 2.45) is 0 Å². The highest BCUT2D eigenvalue weighted by Crippen LogP contribution is 2.23. The van der Waals surface area contributed by atoms with Gasteiger partial charge in [0.25, 0.3) is 0 Å². The summed E-state index contributed by atoms with van der Waals surface area (Å²) in [5.74, 6) is 0. The van der Waals surface area contributed by atoms with Gasteiger partial charge in [-0.1, -0.05) is 12.1 Å². The van der Waals surface area contributed by atoms with Crippen LogP contribution in [0.25, 0.3) is 10.9 Å². The summed E-state index contributed by atoms with van der Waals surface area (Å²) in [7, 11) is 0. The third-order valence-corrected chi connectivity index (χ3v) is 4.07. The largest absolute Gasteiger partial charge is 0.398 e. The highest BCUT2D eigenvalue weighted by Gasteiger charge is 2.06. The van der Waals surface area contributed by atoms with Crippen LogP contribution in [0.3, 0.4) is 0 Å². The molecule has 2 N–H and O–H groups in total. The third kappa shape index (κ3) is 2.17. The number of halogens is 1. The number of nitrogens with two attached hydrogens (primary N) is 1. The number of aromatic nitrogens is 1. The van der Waals surface area contributed by atoms with E-state index in [2.05, 4.69) is 26.6 Å². The molecule has 0 radical (unpaired) electrons. The Morgan fingerprint density at radius 3 is 2.80 bits per heavy atom. The molecule has 0 saturated heterocycles. The summed E-state index contributed by atoms with van der Waals surface area (Å²) in [5.41, 5.74) is 9.54. The van der Waals surface area contributed by atoms with Gasteiger partial charge in [0, 0.05) is 33.8 Å². The first-order valence-electron chi connectivity index (χ1n) is 6.21. The lowest BCUT2D eigenvalue weighted by Crippen LogP contribution is -1.99. The number of benzene rings is 2. The smallest absolute Gasteiger partial charge is 0.0998 e. The first-order chi connectivity index (χ1) is 9.69. The minimum Gasteiger partial charge on any atom is -0.398 e. The second-order valence-electron chi connectivity index (χ2n) is 4.65. The Bertz CT molecular complexity index is 827. The molecule has 0 saturated carbocycles. The van der Waals surface area contributed by atoms with Crippen LogP contribution >= 0.6 is 15.9 Å². The normalized spacial score (nSPS) is 10.6. The van der Waals surface area contributed by atoms with Gasteiger partial charge in [0.1, 0.15) is 0 Å². The van der Waals surface area contributed by atoms with Crippen LogP contribution in [0, 0.1) is 11.3 Å². The molecule has 3 rings (SSSR count). The first-order valence-corrected chi connectivity index (χ1v) is 7.00. The topological polar surface area (TPSA) is 54.7 Å². The molecular weight excluding hydrogens is 314 g/mol. The summed E-state index contributed by atoms with van der Waals surface area (Å²) < 4.78 is 3.03. The zero-order valence-corrected chi connectivity index (χ0v) is 12.3. The number of nitriles is 1. The molecule has 2 aromatic carbocycles. The maximum atomic E-state index is 9.12. The average Bonchev–Trinajstić information content (AvgIpc) is 2.86. The van der Waals surface area contributed by atoms with Gasteiger partial charge in [-0.25, -0.2) is 0 Å². The van der Waals surface area contributed by atoms with Crippen molar-refractivity contribution in [1.29, 1.82) is 5.26 Å². The predicted molar refractivity (Wildman–Crippen MR) is 84.3 cm³/mol. The van der Waals surface area contributed by atoms with Crippen molar-refractivity contribution in [2.45, 2.75) is 6.54 Å². The van der Waals surface area contributed by atoms with E-state index in [0.29, 0.717) is 5.56 Å². The summed E-state index contributed by atoms with van der Waals surface area (Å²) in [5, 5.41) is 10.1. The summed E-state index contributed by atoms with van der Waals surface area (Å²) in [6, 6.07) is 15.9. The standard InChI is InChI=1S/C16H12BrN3/c17-14-5-4-11(8-15(14)19)10-20-7-6-13-12(9-18)2-1-3-16(13)20/h1-8H,10,19H2. The van der Waals surface area contributed by atoms with Gasteiger partial charge in [-0.15, -0.1) is 0 Å². The van der Waals surface area contributed by atoms with Gasteiger partial charge in [0.05, 0.1) is 11.6 Å². The van der Waals surface area contributed by atoms with E-state index in [1.165, 1.54) is 0 Å². The number of rotatable bonds is 2. The Kier molecular flexibility index (Phi) is 3.21. The Labute approximate surface area is 125 Å². The Morgan fingerprint density at radius 1 is 1.20 bits per heavy atom. The zero-order valence-electron chi connectivity index (χ0n) is 10.7. The van der Waals surface area contributed by atoms with Gasteiger partial charge in [-0.2, -0.15) is 5.26 Å². The van der Waals surface area contributed by atoms with Gasteiger partial charge in [-0.05, 0) is 51.8 Å². The van der Waals surface area contributed by atoms with E-state index in [0.717, 1.165) is 33.2 Å². The maximum absolute atomic E-state index is 9.12. The molecular formula is C16H12BrN3. The highest BCUT2D eigenvalue weighted by atomic mass is 79.9. The summed E-state index contributed by atoms with van der Waals surface area (Å²) in [6.45, 7) is 0.732. The molecule has 0 unspecified atom stereocenters. The van der Waals surface area contributed by atoms with Crippen LogP contribution in [0.2, 0.25) is 0 Å². The number of nitrogen functional groups attached to an aromatic ring is 1. The molecule has 1 heterocycles. The first kappa shape index (κ1) is 12.8. The van der Waals surface area contributed by atoms with Crippen LogP contribution in [0.4, 0.5) is 5.69 Å². The highest BCUT2D eigenvalue weighted by molar-refractivity contribution is 9.10. The van der Waals surface area contributed by atoms with E-state index in [4.69, 9.17) is 11.0 Å².